The van der Waals surface area contributed by atoms with Crippen LogP contribution in [-0.2, 0) is 6.54 Å². The normalized spacial score (nSPS) is 23.2. The summed E-state index contributed by atoms with van der Waals surface area (Å²) in [6.07, 6.45) is 4.98. The van der Waals surface area contributed by atoms with E-state index >= 15 is 0 Å². The summed E-state index contributed by atoms with van der Waals surface area (Å²) in [6.45, 7) is 2.41. The third kappa shape index (κ3) is 3.29. The van der Waals surface area contributed by atoms with Gasteiger partial charge in [0.05, 0.1) is 6.61 Å². The number of likely N-dealkylation sites (tertiary alicyclic amines) is 1. The summed E-state index contributed by atoms with van der Waals surface area (Å²) in [7, 11) is 0. The molecule has 1 aliphatic heterocycles. The summed E-state index contributed by atoms with van der Waals surface area (Å²) in [4.78, 5) is 3.82. The highest BCUT2D eigenvalue weighted by atomic mass is 79.9. The average Bonchev–Trinajstić information content (AvgIpc) is 2.56. The minimum Gasteiger partial charge on any atom is -0.395 e. The second-order valence-electron chi connectivity index (χ2n) is 4.39. The molecule has 0 spiro atoms. The fraction of sp³-hybridized carbons (Fsp3) is 0.667. The molecule has 0 saturated carbocycles. The molecule has 0 bridgehead atoms. The lowest BCUT2D eigenvalue weighted by Gasteiger charge is -2.27. The van der Waals surface area contributed by atoms with Crippen molar-refractivity contribution in [3.8, 4) is 0 Å². The van der Waals surface area contributed by atoms with Gasteiger partial charge in [0.1, 0.15) is 0 Å². The minimum absolute atomic E-state index is 0.298. The number of aliphatic hydroxyl groups is 1. The van der Waals surface area contributed by atoms with Crippen molar-refractivity contribution in [2.24, 2.45) is 0 Å². The van der Waals surface area contributed by atoms with Gasteiger partial charge in [0.25, 0.3) is 0 Å². The molecular formula is C12H18BrNOS. The molecule has 0 radical (unpaired) electrons. The van der Waals surface area contributed by atoms with E-state index in [0.29, 0.717) is 12.6 Å². The molecule has 1 fully saturated rings. The quantitative estimate of drug-likeness (QED) is 0.926. The number of hydrogen-bond acceptors (Lipinski definition) is 3. The molecule has 2 rings (SSSR count). The first-order valence-electron chi connectivity index (χ1n) is 5.87. The molecule has 0 amide bonds. The van der Waals surface area contributed by atoms with E-state index in [1.807, 2.05) is 0 Å². The third-order valence-corrected chi connectivity index (χ3v) is 4.87. The summed E-state index contributed by atoms with van der Waals surface area (Å²) < 4.78 is 1.17. The second-order valence-corrected chi connectivity index (χ2v) is 6.30. The molecule has 4 heteroatoms. The van der Waals surface area contributed by atoms with Gasteiger partial charge in [-0.15, -0.1) is 11.3 Å². The average molecular weight is 304 g/mol. The lowest BCUT2D eigenvalue weighted by atomic mass is 10.1. The Hall–Kier alpha value is 0.1000. The second kappa shape index (κ2) is 6.15. The van der Waals surface area contributed by atoms with E-state index in [4.69, 9.17) is 0 Å². The first-order valence-corrected chi connectivity index (χ1v) is 7.54. The van der Waals surface area contributed by atoms with Crippen LogP contribution in [0.15, 0.2) is 15.9 Å². The van der Waals surface area contributed by atoms with Crippen LogP contribution in [0.2, 0.25) is 0 Å². The molecule has 2 nitrogen and oxygen atoms in total. The Morgan fingerprint density at radius 2 is 2.31 bits per heavy atom. The lowest BCUT2D eigenvalue weighted by molar-refractivity contribution is 0.119. The number of aliphatic hydroxyl groups excluding tert-OH is 1. The fourth-order valence-corrected chi connectivity index (χ4v) is 3.76. The molecule has 0 aromatic carbocycles. The van der Waals surface area contributed by atoms with Gasteiger partial charge in [-0.2, -0.15) is 0 Å². The highest BCUT2D eigenvalue weighted by Gasteiger charge is 2.20. The van der Waals surface area contributed by atoms with E-state index in [9.17, 15) is 5.11 Å². The van der Waals surface area contributed by atoms with Gasteiger partial charge in [-0.25, -0.2) is 0 Å². The Balaban J connectivity index is 1.99. The summed E-state index contributed by atoms with van der Waals surface area (Å²) >= 11 is 5.28. The monoisotopic (exact) mass is 303 g/mol. The number of hydrogen-bond donors (Lipinski definition) is 1. The van der Waals surface area contributed by atoms with Gasteiger partial charge in [-0.1, -0.05) is 12.8 Å². The molecule has 1 saturated heterocycles. The zero-order valence-corrected chi connectivity index (χ0v) is 11.8. The van der Waals surface area contributed by atoms with Crippen LogP contribution >= 0.6 is 27.3 Å². The summed E-state index contributed by atoms with van der Waals surface area (Å²) in [5, 5.41) is 11.5. The van der Waals surface area contributed by atoms with Crippen LogP contribution in [0.4, 0.5) is 0 Å². The van der Waals surface area contributed by atoms with Gasteiger partial charge in [-0.3, -0.25) is 4.90 Å². The molecule has 1 aromatic rings. The maximum Gasteiger partial charge on any atom is 0.0587 e. The lowest BCUT2D eigenvalue weighted by Crippen LogP contribution is -2.36. The molecule has 1 aromatic heterocycles. The van der Waals surface area contributed by atoms with Crippen molar-refractivity contribution in [2.75, 3.05) is 13.2 Å². The largest absolute Gasteiger partial charge is 0.395 e. The summed E-state index contributed by atoms with van der Waals surface area (Å²) in [5.74, 6) is 0. The Morgan fingerprint density at radius 1 is 1.44 bits per heavy atom. The molecule has 2 heterocycles. The molecular weight excluding hydrogens is 286 g/mol. The van der Waals surface area contributed by atoms with Crippen LogP contribution in [0.3, 0.4) is 0 Å². The van der Waals surface area contributed by atoms with Crippen LogP contribution in [0.1, 0.15) is 30.6 Å². The van der Waals surface area contributed by atoms with Crippen LogP contribution in [-0.4, -0.2) is 29.2 Å². The SMILES string of the molecule is OCC1CCCCCN1Cc1cc(Br)cs1. The maximum absolute atomic E-state index is 9.42. The first kappa shape index (κ1) is 12.6. The van der Waals surface area contributed by atoms with E-state index in [0.717, 1.165) is 19.5 Å². The van der Waals surface area contributed by atoms with Crippen molar-refractivity contribution in [1.82, 2.24) is 4.90 Å². The number of nitrogens with zero attached hydrogens (tertiary/aromatic N) is 1. The van der Waals surface area contributed by atoms with Crippen molar-refractivity contribution >= 4 is 27.3 Å². The highest BCUT2D eigenvalue weighted by molar-refractivity contribution is 9.10. The van der Waals surface area contributed by atoms with Crippen LogP contribution in [0, 0.1) is 0 Å². The van der Waals surface area contributed by atoms with Gasteiger partial charge >= 0.3 is 0 Å². The van der Waals surface area contributed by atoms with E-state index in [2.05, 4.69) is 32.3 Å². The number of rotatable bonds is 3. The predicted octanol–water partition coefficient (Wildman–Crippen LogP) is 3.25. The smallest absolute Gasteiger partial charge is 0.0587 e. The van der Waals surface area contributed by atoms with Crippen LogP contribution in [0.25, 0.3) is 0 Å². The van der Waals surface area contributed by atoms with Gasteiger partial charge in [0.15, 0.2) is 0 Å². The van der Waals surface area contributed by atoms with Crippen molar-refractivity contribution in [3.05, 3.63) is 20.8 Å². The number of halogens is 1. The Kier molecular flexibility index (Phi) is 4.82. The fourth-order valence-electron chi connectivity index (χ4n) is 2.29. The van der Waals surface area contributed by atoms with Gasteiger partial charge < -0.3 is 5.11 Å². The maximum atomic E-state index is 9.42. The van der Waals surface area contributed by atoms with Crippen LogP contribution in [0.5, 0.6) is 0 Å². The van der Waals surface area contributed by atoms with E-state index in [-0.39, 0.29) is 0 Å². The zero-order chi connectivity index (χ0) is 11.4. The standard InChI is InChI=1S/C12H18BrNOS/c13-10-6-12(16-9-10)7-14-5-3-1-2-4-11(14)8-15/h6,9,11,15H,1-5,7-8H2. The Bertz CT molecular complexity index is 329. The van der Waals surface area contributed by atoms with E-state index < -0.39 is 0 Å². The summed E-state index contributed by atoms with van der Waals surface area (Å²) in [5.41, 5.74) is 0. The Morgan fingerprint density at radius 3 is 3.00 bits per heavy atom. The number of thiophene rings is 1. The predicted molar refractivity (Wildman–Crippen MR) is 71.8 cm³/mol. The van der Waals surface area contributed by atoms with Crippen molar-refractivity contribution < 1.29 is 5.11 Å². The van der Waals surface area contributed by atoms with Gasteiger partial charge in [0, 0.05) is 27.3 Å². The molecule has 90 valence electrons. The topological polar surface area (TPSA) is 23.5 Å². The first-order chi connectivity index (χ1) is 7.79. The Labute approximate surface area is 109 Å². The molecule has 16 heavy (non-hydrogen) atoms. The van der Waals surface area contributed by atoms with E-state index in [1.165, 1.54) is 28.6 Å². The van der Waals surface area contributed by atoms with Crippen molar-refractivity contribution in [3.63, 3.8) is 0 Å². The molecule has 1 unspecified atom stereocenters. The summed E-state index contributed by atoms with van der Waals surface area (Å²) in [6, 6.07) is 2.55. The van der Waals surface area contributed by atoms with Crippen molar-refractivity contribution in [1.29, 1.82) is 0 Å². The van der Waals surface area contributed by atoms with Gasteiger partial charge in [0.2, 0.25) is 0 Å². The van der Waals surface area contributed by atoms with Crippen LogP contribution < -0.4 is 0 Å². The molecule has 1 aliphatic rings. The van der Waals surface area contributed by atoms with Gasteiger partial charge in [-0.05, 0) is 41.4 Å². The molecule has 0 aliphatic carbocycles. The minimum atomic E-state index is 0.298. The van der Waals surface area contributed by atoms with Crippen molar-refractivity contribution in [2.45, 2.75) is 38.3 Å². The molecule has 1 atom stereocenters. The zero-order valence-electron chi connectivity index (χ0n) is 9.36. The van der Waals surface area contributed by atoms with E-state index in [1.54, 1.807) is 11.3 Å². The molecule has 1 N–H and O–H groups in total. The highest BCUT2D eigenvalue weighted by Crippen LogP contribution is 2.24. The third-order valence-electron chi connectivity index (χ3n) is 3.19.